The van der Waals surface area contributed by atoms with E-state index in [0.29, 0.717) is 5.92 Å². The normalized spacial score (nSPS) is 24.2. The number of nitrogens with one attached hydrogen (secondary N) is 1. The summed E-state index contributed by atoms with van der Waals surface area (Å²) in [5.74, 6) is 0.648. The minimum absolute atomic E-state index is 0.648. The Labute approximate surface area is 69.2 Å². The molecule has 1 heterocycles. The van der Waals surface area contributed by atoms with Crippen LogP contribution in [0.15, 0.2) is 25.3 Å². The molecule has 2 atom stereocenters. The summed E-state index contributed by atoms with van der Waals surface area (Å²) < 4.78 is 0. The Bertz CT molecular complexity index is 136. The van der Waals surface area contributed by atoms with Crippen molar-refractivity contribution < 1.29 is 0 Å². The number of hydrogen-bond donors (Lipinski definition) is 1. The summed E-state index contributed by atoms with van der Waals surface area (Å²) in [7, 11) is 0. The first-order valence-electron chi connectivity index (χ1n) is 4.33. The first-order valence-corrected chi connectivity index (χ1v) is 4.33. The molecular weight excluding hydrogens is 134 g/mol. The molecule has 0 spiro atoms. The molecule has 62 valence electrons. The van der Waals surface area contributed by atoms with Crippen LogP contribution in [0.25, 0.3) is 0 Å². The average molecular weight is 151 g/mol. The van der Waals surface area contributed by atoms with E-state index in [2.05, 4.69) is 18.5 Å². The maximum absolute atomic E-state index is 3.81. The first kappa shape index (κ1) is 8.54. The van der Waals surface area contributed by atoms with Gasteiger partial charge < -0.3 is 5.32 Å². The van der Waals surface area contributed by atoms with Crippen LogP contribution in [-0.2, 0) is 0 Å². The fraction of sp³-hybridized carbons (Fsp3) is 0.600. The lowest BCUT2D eigenvalue weighted by atomic mass is 9.99. The largest absolute Gasteiger partial charge is 0.311 e. The van der Waals surface area contributed by atoms with E-state index < -0.39 is 0 Å². The van der Waals surface area contributed by atoms with Gasteiger partial charge in [-0.05, 0) is 25.2 Å². The van der Waals surface area contributed by atoms with Gasteiger partial charge in [-0.1, -0.05) is 12.2 Å². The highest BCUT2D eigenvalue weighted by Gasteiger charge is 2.19. The van der Waals surface area contributed by atoms with Gasteiger partial charge in [0.25, 0.3) is 0 Å². The van der Waals surface area contributed by atoms with Gasteiger partial charge in [-0.2, -0.15) is 0 Å². The zero-order chi connectivity index (χ0) is 8.10. The van der Waals surface area contributed by atoms with Crippen molar-refractivity contribution in [2.24, 2.45) is 5.92 Å². The van der Waals surface area contributed by atoms with Crippen molar-refractivity contribution in [3.63, 3.8) is 0 Å². The topological polar surface area (TPSA) is 21.9 Å². The van der Waals surface area contributed by atoms with Crippen molar-refractivity contribution in [3.8, 4) is 0 Å². The molecule has 0 aromatic rings. The molecule has 0 aliphatic carbocycles. The Morgan fingerprint density at radius 2 is 2.27 bits per heavy atom. The molecule has 0 aromatic heterocycles. The van der Waals surface area contributed by atoms with Crippen molar-refractivity contribution in [2.75, 3.05) is 6.54 Å². The monoisotopic (exact) mass is 151 g/mol. The van der Waals surface area contributed by atoms with Crippen LogP contribution in [0.5, 0.6) is 0 Å². The van der Waals surface area contributed by atoms with E-state index in [0.717, 1.165) is 12.5 Å². The molecule has 0 amide bonds. The Kier molecular flexibility index (Phi) is 3.37. The third-order valence-electron chi connectivity index (χ3n) is 2.18. The van der Waals surface area contributed by atoms with Crippen LogP contribution in [-0.4, -0.2) is 12.6 Å². The minimum Gasteiger partial charge on any atom is -0.311 e. The summed E-state index contributed by atoms with van der Waals surface area (Å²) in [5, 5.41) is 3.30. The van der Waals surface area contributed by atoms with E-state index in [1.807, 2.05) is 12.2 Å². The van der Waals surface area contributed by atoms with Crippen LogP contribution in [0, 0.1) is 5.92 Å². The van der Waals surface area contributed by atoms with E-state index in [-0.39, 0.29) is 0 Å². The standard InChI is InChI=1S/C10H17N/c1-3-5-9(4-2)6-7-10-8-11-10/h3-4,9-11H,1-2,5-8H2. The molecule has 0 saturated carbocycles. The number of rotatable bonds is 6. The van der Waals surface area contributed by atoms with E-state index in [1.165, 1.54) is 19.4 Å². The zero-order valence-electron chi connectivity index (χ0n) is 7.05. The van der Waals surface area contributed by atoms with Gasteiger partial charge >= 0.3 is 0 Å². The van der Waals surface area contributed by atoms with Gasteiger partial charge in [-0.25, -0.2) is 0 Å². The van der Waals surface area contributed by atoms with Gasteiger partial charge in [-0.3, -0.25) is 0 Å². The Balaban J connectivity index is 2.07. The summed E-state index contributed by atoms with van der Waals surface area (Å²) in [5.41, 5.74) is 0. The predicted octanol–water partition coefficient (Wildman–Crippen LogP) is 2.12. The molecule has 0 radical (unpaired) electrons. The Morgan fingerprint density at radius 1 is 1.55 bits per heavy atom. The van der Waals surface area contributed by atoms with E-state index in [4.69, 9.17) is 0 Å². The summed E-state index contributed by atoms with van der Waals surface area (Å²) in [6, 6.07) is 0.808. The quantitative estimate of drug-likeness (QED) is 0.456. The number of allylic oxidation sites excluding steroid dienone is 2. The molecule has 1 heteroatoms. The summed E-state index contributed by atoms with van der Waals surface area (Å²) in [4.78, 5) is 0. The highest BCUT2D eigenvalue weighted by Crippen LogP contribution is 2.16. The van der Waals surface area contributed by atoms with Gasteiger partial charge in [0.2, 0.25) is 0 Å². The maximum atomic E-state index is 3.81. The smallest absolute Gasteiger partial charge is 0.0193 e. The SMILES string of the molecule is C=CCC(C=C)CCC1CN1. The average Bonchev–Trinajstić information content (AvgIpc) is 2.81. The summed E-state index contributed by atoms with van der Waals surface area (Å²) in [6.07, 6.45) is 7.66. The molecule has 1 rings (SSSR count). The molecule has 1 aliphatic rings. The van der Waals surface area contributed by atoms with Crippen molar-refractivity contribution in [1.82, 2.24) is 5.32 Å². The third-order valence-corrected chi connectivity index (χ3v) is 2.18. The predicted molar refractivity (Wildman–Crippen MR) is 49.5 cm³/mol. The van der Waals surface area contributed by atoms with Crippen LogP contribution in [0.3, 0.4) is 0 Å². The van der Waals surface area contributed by atoms with Gasteiger partial charge in [0.05, 0.1) is 0 Å². The minimum atomic E-state index is 0.648. The summed E-state index contributed by atoms with van der Waals surface area (Å²) in [6.45, 7) is 8.76. The second-order valence-electron chi connectivity index (χ2n) is 3.20. The molecule has 2 unspecified atom stereocenters. The maximum Gasteiger partial charge on any atom is 0.0193 e. The van der Waals surface area contributed by atoms with E-state index in [1.54, 1.807) is 0 Å². The lowest BCUT2D eigenvalue weighted by Crippen LogP contribution is -1.98. The molecule has 1 nitrogen and oxygen atoms in total. The molecule has 0 bridgehead atoms. The fourth-order valence-electron chi connectivity index (χ4n) is 1.25. The molecule has 0 aromatic carbocycles. The van der Waals surface area contributed by atoms with Crippen LogP contribution >= 0.6 is 0 Å². The fourth-order valence-corrected chi connectivity index (χ4v) is 1.25. The highest BCUT2D eigenvalue weighted by atomic mass is 15.1. The van der Waals surface area contributed by atoms with Crippen molar-refractivity contribution in [2.45, 2.75) is 25.3 Å². The Morgan fingerprint density at radius 3 is 2.73 bits per heavy atom. The van der Waals surface area contributed by atoms with Crippen LogP contribution < -0.4 is 5.32 Å². The number of hydrogen-bond acceptors (Lipinski definition) is 1. The van der Waals surface area contributed by atoms with Crippen molar-refractivity contribution in [1.29, 1.82) is 0 Å². The van der Waals surface area contributed by atoms with Gasteiger partial charge in [0.1, 0.15) is 0 Å². The molecule has 1 aliphatic heterocycles. The summed E-state index contributed by atoms with van der Waals surface area (Å²) >= 11 is 0. The van der Waals surface area contributed by atoms with Crippen LogP contribution in [0.2, 0.25) is 0 Å². The molecule has 1 N–H and O–H groups in total. The molecular formula is C10H17N. The second-order valence-corrected chi connectivity index (χ2v) is 3.20. The highest BCUT2D eigenvalue weighted by molar-refractivity contribution is 4.89. The van der Waals surface area contributed by atoms with Gasteiger partial charge in [-0.15, -0.1) is 13.2 Å². The lowest BCUT2D eigenvalue weighted by Gasteiger charge is -2.07. The van der Waals surface area contributed by atoms with Crippen LogP contribution in [0.4, 0.5) is 0 Å². The van der Waals surface area contributed by atoms with E-state index in [9.17, 15) is 0 Å². The van der Waals surface area contributed by atoms with Crippen LogP contribution in [0.1, 0.15) is 19.3 Å². The molecule has 1 fully saturated rings. The Hall–Kier alpha value is -0.560. The molecule has 11 heavy (non-hydrogen) atoms. The molecule has 1 saturated heterocycles. The van der Waals surface area contributed by atoms with E-state index >= 15 is 0 Å². The van der Waals surface area contributed by atoms with Gasteiger partial charge in [0.15, 0.2) is 0 Å². The van der Waals surface area contributed by atoms with Gasteiger partial charge in [0, 0.05) is 12.6 Å². The van der Waals surface area contributed by atoms with Crippen molar-refractivity contribution >= 4 is 0 Å². The zero-order valence-corrected chi connectivity index (χ0v) is 7.05. The first-order chi connectivity index (χ1) is 5.36. The second kappa shape index (κ2) is 4.35. The lowest BCUT2D eigenvalue weighted by molar-refractivity contribution is 0.565. The third kappa shape index (κ3) is 3.38. The van der Waals surface area contributed by atoms with Crippen molar-refractivity contribution in [3.05, 3.63) is 25.3 Å².